The number of hydrogen-bond donors (Lipinski definition) is 8. The number of H-pyrrole nitrogens is 1. The predicted molar refractivity (Wildman–Crippen MR) is 124 cm³/mol. The number of nitrogens with one attached hydrogen (secondary N) is 5. The Bertz CT molecular complexity index is 1060. The van der Waals surface area contributed by atoms with Crippen LogP contribution in [0.1, 0.15) is 19.8 Å². The van der Waals surface area contributed by atoms with Gasteiger partial charge in [-0.3, -0.25) is 29.0 Å². The number of carbonyl (C=O) groups excluding carboxylic acids is 4. The van der Waals surface area contributed by atoms with Crippen LogP contribution in [0.5, 0.6) is 6.01 Å². The van der Waals surface area contributed by atoms with Crippen molar-refractivity contribution in [1.82, 2.24) is 31.2 Å². The molecule has 0 spiro atoms. The summed E-state index contributed by atoms with van der Waals surface area (Å²) in [6, 6.07) is -2.85. The van der Waals surface area contributed by atoms with Crippen LogP contribution in [0, 0.1) is 5.82 Å². The van der Waals surface area contributed by atoms with E-state index in [9.17, 15) is 43.7 Å². The maximum absolute atomic E-state index is 13.2. The van der Waals surface area contributed by atoms with Gasteiger partial charge in [-0.05, 0) is 20.4 Å². The Morgan fingerprint density at radius 1 is 1.18 bits per heavy atom. The Labute approximate surface area is 215 Å². The summed E-state index contributed by atoms with van der Waals surface area (Å²) in [4.78, 5) is 64.6. The van der Waals surface area contributed by atoms with Crippen LogP contribution in [0.4, 0.5) is 4.39 Å². The zero-order valence-corrected chi connectivity index (χ0v) is 20.6. The van der Waals surface area contributed by atoms with Gasteiger partial charge in [0.25, 0.3) is 11.6 Å². The summed E-state index contributed by atoms with van der Waals surface area (Å²) in [5, 5.41) is 39.9. The molecule has 0 saturated carbocycles. The minimum Gasteiger partial charge on any atom is -0.432 e. The Hall–Kier alpha value is -3.51. The van der Waals surface area contributed by atoms with Crippen LogP contribution in [0.15, 0.2) is 11.0 Å². The Kier molecular flexibility index (Phi) is 11.7. The highest BCUT2D eigenvalue weighted by Crippen LogP contribution is 2.22. The molecule has 2 heterocycles. The van der Waals surface area contributed by atoms with E-state index < -0.39 is 84.9 Å². The number of aliphatic hydroxyl groups excluding tert-OH is 3. The first kappa shape index (κ1) is 30.7. The van der Waals surface area contributed by atoms with Crippen LogP contribution < -0.4 is 31.6 Å². The van der Waals surface area contributed by atoms with Crippen molar-refractivity contribution in [3.8, 4) is 6.01 Å². The fraction of sp³-hybridized carbons (Fsp3) is 0.619. The van der Waals surface area contributed by atoms with E-state index in [-0.39, 0.29) is 25.2 Å². The molecule has 1 aromatic heterocycles. The topological polar surface area (TPSA) is 241 Å². The molecule has 212 valence electrons. The molecule has 1 aliphatic rings. The standard InChI is InChI=1S/C21H31FN6O10/c1-9(30)5-24-13(31)4-3-11(23-2)19(36)25-7-14(32)27-15-17(34)16(33)12(8-29)37-20(15)38-21-26-6-10(22)18(35)28-21/h6,11-12,15-17,20,23,29,33-34H,3-5,7-8H2,1-2H3,(H,24,31)(H,25,36)(H,27,32)(H,26,28,35). The molecular formula is C21H31FN6O10. The number of likely N-dealkylation sites (N-methyl/N-ethyl adjacent to an activating group) is 1. The van der Waals surface area contributed by atoms with Crippen molar-refractivity contribution in [1.29, 1.82) is 0 Å². The molecular weight excluding hydrogens is 515 g/mol. The van der Waals surface area contributed by atoms with Crippen molar-refractivity contribution in [2.45, 2.75) is 56.5 Å². The van der Waals surface area contributed by atoms with E-state index in [1.165, 1.54) is 14.0 Å². The lowest BCUT2D eigenvalue weighted by molar-refractivity contribution is -0.246. The lowest BCUT2D eigenvalue weighted by Gasteiger charge is -2.41. The first-order chi connectivity index (χ1) is 18.0. The Morgan fingerprint density at radius 2 is 1.89 bits per heavy atom. The van der Waals surface area contributed by atoms with Crippen LogP contribution in [0.25, 0.3) is 0 Å². The Balaban J connectivity index is 1.98. The lowest BCUT2D eigenvalue weighted by atomic mass is 9.97. The van der Waals surface area contributed by atoms with Gasteiger partial charge in [-0.15, -0.1) is 0 Å². The summed E-state index contributed by atoms with van der Waals surface area (Å²) in [6.45, 7) is -0.138. The zero-order valence-electron chi connectivity index (χ0n) is 20.6. The second-order valence-corrected chi connectivity index (χ2v) is 8.36. The number of ether oxygens (including phenoxy) is 2. The van der Waals surface area contributed by atoms with Crippen molar-refractivity contribution in [2.24, 2.45) is 0 Å². The van der Waals surface area contributed by atoms with Gasteiger partial charge in [-0.1, -0.05) is 0 Å². The first-order valence-electron chi connectivity index (χ1n) is 11.5. The number of hydrogen-bond acceptors (Lipinski definition) is 12. The largest absolute Gasteiger partial charge is 0.432 e. The molecule has 1 aliphatic heterocycles. The minimum atomic E-state index is -1.73. The van der Waals surface area contributed by atoms with Gasteiger partial charge >= 0.3 is 0 Å². The number of halogens is 1. The zero-order chi connectivity index (χ0) is 28.4. The van der Waals surface area contributed by atoms with Crippen molar-refractivity contribution in [3.63, 3.8) is 0 Å². The molecule has 0 aromatic carbocycles. The quantitative estimate of drug-likeness (QED) is 0.117. The summed E-state index contributed by atoms with van der Waals surface area (Å²) in [6.07, 6.45) is -5.74. The highest BCUT2D eigenvalue weighted by atomic mass is 19.1. The van der Waals surface area contributed by atoms with E-state index in [0.29, 0.717) is 6.20 Å². The van der Waals surface area contributed by atoms with Crippen LogP contribution in [-0.4, -0.2) is 112 Å². The third-order valence-corrected chi connectivity index (χ3v) is 5.45. The van der Waals surface area contributed by atoms with Crippen molar-refractivity contribution in [2.75, 3.05) is 26.7 Å². The number of aromatic amines is 1. The third-order valence-electron chi connectivity index (χ3n) is 5.45. The van der Waals surface area contributed by atoms with E-state index in [0.717, 1.165) is 0 Å². The average Bonchev–Trinajstić information content (AvgIpc) is 2.88. The molecule has 0 bridgehead atoms. The summed E-state index contributed by atoms with van der Waals surface area (Å²) in [5.74, 6) is -3.31. The molecule has 6 unspecified atom stereocenters. The molecule has 6 atom stereocenters. The maximum Gasteiger partial charge on any atom is 0.298 e. The maximum atomic E-state index is 13.2. The van der Waals surface area contributed by atoms with Crippen molar-refractivity contribution in [3.05, 3.63) is 22.4 Å². The van der Waals surface area contributed by atoms with Gasteiger partial charge in [0.05, 0.1) is 31.9 Å². The fourth-order valence-electron chi connectivity index (χ4n) is 3.39. The monoisotopic (exact) mass is 546 g/mol. The van der Waals surface area contributed by atoms with Crippen molar-refractivity contribution < 1.29 is 48.4 Å². The van der Waals surface area contributed by atoms with Crippen LogP contribution >= 0.6 is 0 Å². The van der Waals surface area contributed by atoms with Gasteiger partial charge in [-0.2, -0.15) is 4.39 Å². The second kappa shape index (κ2) is 14.4. The number of nitrogens with zero attached hydrogens (tertiary/aromatic N) is 1. The van der Waals surface area contributed by atoms with E-state index in [4.69, 9.17) is 9.47 Å². The molecule has 3 amide bonds. The van der Waals surface area contributed by atoms with E-state index in [1.807, 2.05) is 4.98 Å². The van der Waals surface area contributed by atoms with Gasteiger partial charge in [0.15, 0.2) is 0 Å². The SMILES string of the molecule is CNC(CCC(=O)NCC(C)=O)C(=O)NCC(=O)NC1C(Oc2ncc(F)c(=O)[nH]2)OC(CO)C(O)C1O. The number of aliphatic hydroxyl groups is 3. The molecule has 16 nitrogen and oxygen atoms in total. The molecule has 1 aromatic rings. The van der Waals surface area contributed by atoms with Gasteiger partial charge in [0, 0.05) is 6.42 Å². The molecule has 0 radical (unpaired) electrons. The second-order valence-electron chi connectivity index (χ2n) is 8.36. The molecule has 2 rings (SSSR count). The predicted octanol–water partition coefficient (Wildman–Crippen LogP) is -4.60. The van der Waals surface area contributed by atoms with Crippen molar-refractivity contribution >= 4 is 23.5 Å². The number of Topliss-reactive ketones (excluding diaryl/α,β-unsaturated/α-hetero) is 1. The molecule has 0 aliphatic carbocycles. The molecule has 17 heteroatoms. The fourth-order valence-corrected chi connectivity index (χ4v) is 3.39. The number of rotatable bonds is 13. The average molecular weight is 547 g/mol. The van der Waals surface area contributed by atoms with Crippen LogP contribution in [0.2, 0.25) is 0 Å². The van der Waals surface area contributed by atoms with Gasteiger partial charge in [0.1, 0.15) is 30.1 Å². The number of amides is 3. The van der Waals surface area contributed by atoms with E-state index in [1.54, 1.807) is 0 Å². The molecule has 1 fully saturated rings. The third kappa shape index (κ3) is 8.80. The highest BCUT2D eigenvalue weighted by Gasteiger charge is 2.46. The van der Waals surface area contributed by atoms with E-state index >= 15 is 0 Å². The summed E-state index contributed by atoms with van der Waals surface area (Å²) >= 11 is 0. The van der Waals surface area contributed by atoms with Crippen LogP contribution in [-0.2, 0) is 23.9 Å². The molecule has 38 heavy (non-hydrogen) atoms. The summed E-state index contributed by atoms with van der Waals surface area (Å²) in [5.41, 5.74) is -1.16. The first-order valence-corrected chi connectivity index (χ1v) is 11.5. The Morgan fingerprint density at radius 3 is 2.50 bits per heavy atom. The lowest BCUT2D eigenvalue weighted by Crippen LogP contribution is -2.66. The molecule has 8 N–H and O–H groups in total. The van der Waals surface area contributed by atoms with Gasteiger partial charge < -0.3 is 46.1 Å². The highest BCUT2D eigenvalue weighted by molar-refractivity contribution is 5.88. The summed E-state index contributed by atoms with van der Waals surface area (Å²) in [7, 11) is 1.47. The minimum absolute atomic E-state index is 0.0630. The normalized spacial score (nSPS) is 23.7. The van der Waals surface area contributed by atoms with E-state index in [2.05, 4.69) is 26.3 Å². The van der Waals surface area contributed by atoms with Gasteiger partial charge in [0.2, 0.25) is 29.8 Å². The number of carbonyl (C=O) groups is 4. The number of aromatic nitrogens is 2. The molecule has 1 saturated heterocycles. The summed E-state index contributed by atoms with van der Waals surface area (Å²) < 4.78 is 23.9. The smallest absolute Gasteiger partial charge is 0.298 e. The van der Waals surface area contributed by atoms with Crippen LogP contribution in [0.3, 0.4) is 0 Å². The van der Waals surface area contributed by atoms with Gasteiger partial charge in [-0.25, -0.2) is 4.98 Å². The number of ketones is 1.